The molecule has 0 saturated heterocycles. The minimum Gasteiger partial charge on any atom is -0.393 e. The molecule has 0 unspecified atom stereocenters. The maximum absolute atomic E-state index is 10.2. The molecular weight excluding hydrogens is 340 g/mol. The van der Waals surface area contributed by atoms with Crippen LogP contribution in [-0.4, -0.2) is 11.2 Å². The zero-order chi connectivity index (χ0) is 20.1. The molecular formula is C27H44O. The lowest BCUT2D eigenvalue weighted by atomic mass is 9.50. The SMILES string of the molecule is CC(C)CCC[C@H](C)[C@H]1CC[C@H]2C3=CC=C4C[C@@H](O)CC[C@]4(C)[C@H]3CC[C@]12C. The van der Waals surface area contributed by atoms with E-state index in [0.29, 0.717) is 10.8 Å². The first-order valence-corrected chi connectivity index (χ1v) is 12.3. The number of aliphatic hydroxyl groups excluding tert-OH is 1. The summed E-state index contributed by atoms with van der Waals surface area (Å²) in [7, 11) is 0. The molecule has 4 rings (SSSR count). The van der Waals surface area contributed by atoms with Gasteiger partial charge in [-0.1, -0.05) is 77.2 Å². The van der Waals surface area contributed by atoms with E-state index in [2.05, 4.69) is 46.8 Å². The van der Waals surface area contributed by atoms with Crippen molar-refractivity contribution in [3.63, 3.8) is 0 Å². The molecule has 0 spiro atoms. The van der Waals surface area contributed by atoms with Crippen molar-refractivity contribution in [1.29, 1.82) is 0 Å². The third-order valence-electron chi connectivity index (χ3n) is 9.75. The lowest BCUT2D eigenvalue weighted by Crippen LogP contribution is -2.46. The summed E-state index contributed by atoms with van der Waals surface area (Å²) in [5.74, 6) is 4.19. The van der Waals surface area contributed by atoms with Gasteiger partial charge in [0.2, 0.25) is 0 Å². The number of hydrogen-bond donors (Lipinski definition) is 1. The molecule has 3 saturated carbocycles. The molecule has 0 radical (unpaired) electrons. The van der Waals surface area contributed by atoms with Crippen molar-refractivity contribution in [1.82, 2.24) is 0 Å². The van der Waals surface area contributed by atoms with E-state index in [1.165, 1.54) is 51.4 Å². The van der Waals surface area contributed by atoms with Crippen molar-refractivity contribution in [2.45, 2.75) is 105 Å². The molecule has 1 heteroatoms. The summed E-state index contributed by atoms with van der Waals surface area (Å²) in [4.78, 5) is 0. The number of fused-ring (bicyclic) bond motifs is 5. The summed E-state index contributed by atoms with van der Waals surface area (Å²) in [5.41, 5.74) is 4.19. The highest BCUT2D eigenvalue weighted by atomic mass is 16.3. The molecule has 0 amide bonds. The van der Waals surface area contributed by atoms with E-state index in [1.54, 1.807) is 11.1 Å². The summed E-state index contributed by atoms with van der Waals surface area (Å²) < 4.78 is 0. The van der Waals surface area contributed by atoms with Crippen molar-refractivity contribution in [3.05, 3.63) is 23.3 Å². The molecule has 0 aromatic rings. The normalized spacial score (nSPS) is 43.7. The molecule has 3 fully saturated rings. The van der Waals surface area contributed by atoms with Crippen molar-refractivity contribution in [2.24, 2.45) is 40.4 Å². The second-order valence-corrected chi connectivity index (χ2v) is 11.8. The summed E-state index contributed by atoms with van der Waals surface area (Å²) >= 11 is 0. The van der Waals surface area contributed by atoms with E-state index in [4.69, 9.17) is 0 Å². The number of allylic oxidation sites excluding steroid dienone is 3. The Bertz CT molecular complexity index is 643. The van der Waals surface area contributed by atoms with Crippen molar-refractivity contribution >= 4 is 0 Å². The van der Waals surface area contributed by atoms with Crippen LogP contribution < -0.4 is 0 Å². The Hall–Kier alpha value is -0.560. The fourth-order valence-corrected chi connectivity index (χ4v) is 8.01. The average molecular weight is 385 g/mol. The van der Waals surface area contributed by atoms with E-state index < -0.39 is 0 Å². The van der Waals surface area contributed by atoms with Gasteiger partial charge in [0, 0.05) is 0 Å². The average Bonchev–Trinajstić information content (AvgIpc) is 2.99. The monoisotopic (exact) mass is 384 g/mol. The number of rotatable bonds is 5. The van der Waals surface area contributed by atoms with Crippen LogP contribution in [0.1, 0.15) is 98.8 Å². The summed E-state index contributed by atoms with van der Waals surface area (Å²) in [6, 6.07) is 0. The highest BCUT2D eigenvalue weighted by molar-refractivity contribution is 5.38. The van der Waals surface area contributed by atoms with Gasteiger partial charge in [0.25, 0.3) is 0 Å². The molecule has 4 aliphatic rings. The van der Waals surface area contributed by atoms with Gasteiger partial charge < -0.3 is 5.11 Å². The molecule has 4 aliphatic carbocycles. The van der Waals surface area contributed by atoms with Crippen LogP contribution in [0.4, 0.5) is 0 Å². The summed E-state index contributed by atoms with van der Waals surface area (Å²) in [5, 5.41) is 10.2. The van der Waals surface area contributed by atoms with E-state index in [1.807, 2.05) is 0 Å². The van der Waals surface area contributed by atoms with E-state index in [9.17, 15) is 5.11 Å². The van der Waals surface area contributed by atoms with Gasteiger partial charge in [0.15, 0.2) is 0 Å². The molecule has 0 aromatic heterocycles. The second-order valence-electron chi connectivity index (χ2n) is 11.8. The first-order valence-electron chi connectivity index (χ1n) is 12.3. The quantitative estimate of drug-likeness (QED) is 0.527. The lowest BCUT2D eigenvalue weighted by molar-refractivity contribution is 0.0323. The Balaban J connectivity index is 1.53. The van der Waals surface area contributed by atoms with E-state index >= 15 is 0 Å². The lowest BCUT2D eigenvalue weighted by Gasteiger charge is -2.55. The predicted octanol–water partition coefficient (Wildman–Crippen LogP) is 7.31. The van der Waals surface area contributed by atoms with Crippen LogP contribution in [0.15, 0.2) is 23.3 Å². The zero-order valence-corrected chi connectivity index (χ0v) is 19.1. The number of aliphatic hydroxyl groups is 1. The number of hydrogen-bond acceptors (Lipinski definition) is 1. The largest absolute Gasteiger partial charge is 0.393 e. The Kier molecular flexibility index (Phi) is 5.62. The minimum absolute atomic E-state index is 0.106. The van der Waals surface area contributed by atoms with Gasteiger partial charge in [-0.3, -0.25) is 0 Å². The minimum atomic E-state index is -0.106. The van der Waals surface area contributed by atoms with Gasteiger partial charge in [0.1, 0.15) is 0 Å². The Morgan fingerprint density at radius 1 is 0.964 bits per heavy atom. The highest BCUT2D eigenvalue weighted by Crippen LogP contribution is 2.66. The van der Waals surface area contributed by atoms with Gasteiger partial charge in [-0.05, 0) is 85.4 Å². The molecule has 1 nitrogen and oxygen atoms in total. The third kappa shape index (κ3) is 3.34. The second kappa shape index (κ2) is 7.60. The Morgan fingerprint density at radius 2 is 1.75 bits per heavy atom. The van der Waals surface area contributed by atoms with Crippen LogP contribution in [0.5, 0.6) is 0 Å². The summed E-state index contributed by atoms with van der Waals surface area (Å²) in [6.45, 7) is 12.5. The van der Waals surface area contributed by atoms with Crippen LogP contribution in [0.2, 0.25) is 0 Å². The molecule has 0 heterocycles. The first kappa shape index (κ1) is 20.7. The molecule has 0 aliphatic heterocycles. The van der Waals surface area contributed by atoms with Crippen LogP contribution in [-0.2, 0) is 0 Å². The first-order chi connectivity index (χ1) is 13.3. The van der Waals surface area contributed by atoms with Crippen molar-refractivity contribution < 1.29 is 5.11 Å². The van der Waals surface area contributed by atoms with Crippen LogP contribution in [0, 0.1) is 40.4 Å². The van der Waals surface area contributed by atoms with Crippen LogP contribution in [0.3, 0.4) is 0 Å². The molecule has 0 bridgehead atoms. The highest BCUT2D eigenvalue weighted by Gasteiger charge is 2.56. The topological polar surface area (TPSA) is 20.2 Å². The van der Waals surface area contributed by atoms with Crippen LogP contribution in [0.25, 0.3) is 0 Å². The van der Waals surface area contributed by atoms with Gasteiger partial charge in [-0.15, -0.1) is 0 Å². The third-order valence-corrected chi connectivity index (χ3v) is 9.75. The molecule has 7 atom stereocenters. The maximum Gasteiger partial charge on any atom is 0.0578 e. The van der Waals surface area contributed by atoms with Crippen LogP contribution >= 0.6 is 0 Å². The van der Waals surface area contributed by atoms with Crippen molar-refractivity contribution in [2.75, 3.05) is 0 Å². The van der Waals surface area contributed by atoms with Gasteiger partial charge in [0.05, 0.1) is 6.10 Å². The van der Waals surface area contributed by atoms with Gasteiger partial charge >= 0.3 is 0 Å². The standard InChI is InChI=1S/C27H44O/c1-18(2)7-6-8-19(3)23-11-12-24-22-10-9-20-17-21(28)13-15-26(20,4)25(22)14-16-27(23,24)5/h9-10,18-19,21,23-25,28H,6-8,11-17H2,1-5H3/t19-,21-,23+,24-,25-,26-,27+/m0/s1. The molecule has 158 valence electrons. The maximum atomic E-state index is 10.2. The molecule has 0 aromatic carbocycles. The zero-order valence-electron chi connectivity index (χ0n) is 19.1. The van der Waals surface area contributed by atoms with Crippen molar-refractivity contribution in [3.8, 4) is 0 Å². The van der Waals surface area contributed by atoms with E-state index in [0.717, 1.165) is 42.4 Å². The Labute approximate surface area is 174 Å². The molecule has 1 N–H and O–H groups in total. The van der Waals surface area contributed by atoms with Gasteiger partial charge in [-0.25, -0.2) is 0 Å². The fraction of sp³-hybridized carbons (Fsp3) is 0.852. The predicted molar refractivity (Wildman–Crippen MR) is 119 cm³/mol. The Morgan fingerprint density at radius 3 is 2.50 bits per heavy atom. The molecule has 28 heavy (non-hydrogen) atoms. The fourth-order valence-electron chi connectivity index (χ4n) is 8.01. The summed E-state index contributed by atoms with van der Waals surface area (Å²) in [6.07, 6.45) is 17.8. The smallest absolute Gasteiger partial charge is 0.0578 e. The van der Waals surface area contributed by atoms with Gasteiger partial charge in [-0.2, -0.15) is 0 Å². The van der Waals surface area contributed by atoms with E-state index in [-0.39, 0.29) is 6.10 Å².